The van der Waals surface area contributed by atoms with Crippen molar-refractivity contribution in [1.29, 1.82) is 0 Å². The molecule has 1 aromatic carbocycles. The SMILES string of the molecule is CCCCOC(=O)CC1C(=O)NCCN1C(=S)NC(=O)c1ccccc1Br. The van der Waals surface area contributed by atoms with Gasteiger partial charge in [0.2, 0.25) is 5.91 Å². The summed E-state index contributed by atoms with van der Waals surface area (Å²) < 4.78 is 5.78. The van der Waals surface area contributed by atoms with E-state index in [-0.39, 0.29) is 23.3 Å². The predicted molar refractivity (Wildman–Crippen MR) is 108 cm³/mol. The normalized spacial score (nSPS) is 16.4. The molecule has 1 aromatic rings. The number of carbonyl (C=O) groups is 3. The molecule has 2 rings (SSSR count). The fraction of sp³-hybridized carbons (Fsp3) is 0.444. The van der Waals surface area contributed by atoms with Crippen LogP contribution in [0.3, 0.4) is 0 Å². The molecule has 1 fully saturated rings. The highest BCUT2D eigenvalue weighted by Gasteiger charge is 2.34. The molecule has 2 amide bonds. The molecule has 1 atom stereocenters. The summed E-state index contributed by atoms with van der Waals surface area (Å²) >= 11 is 8.65. The Morgan fingerprint density at radius 2 is 2.15 bits per heavy atom. The highest BCUT2D eigenvalue weighted by Crippen LogP contribution is 2.16. The van der Waals surface area contributed by atoms with Gasteiger partial charge in [0.15, 0.2) is 5.11 Å². The molecule has 9 heteroatoms. The van der Waals surface area contributed by atoms with E-state index in [4.69, 9.17) is 17.0 Å². The van der Waals surface area contributed by atoms with E-state index in [1.54, 1.807) is 29.2 Å². The molecule has 146 valence electrons. The van der Waals surface area contributed by atoms with E-state index in [0.717, 1.165) is 12.8 Å². The fourth-order valence-corrected chi connectivity index (χ4v) is 3.37. The Balaban J connectivity index is 2.03. The van der Waals surface area contributed by atoms with Crippen LogP contribution < -0.4 is 10.6 Å². The van der Waals surface area contributed by atoms with Gasteiger partial charge in [-0.25, -0.2) is 0 Å². The summed E-state index contributed by atoms with van der Waals surface area (Å²) in [4.78, 5) is 38.3. The third-order valence-corrected chi connectivity index (χ3v) is 5.08. The number of rotatable bonds is 6. The molecule has 0 radical (unpaired) electrons. The van der Waals surface area contributed by atoms with E-state index >= 15 is 0 Å². The Morgan fingerprint density at radius 1 is 1.41 bits per heavy atom. The maximum atomic E-state index is 12.5. The van der Waals surface area contributed by atoms with Crippen molar-refractivity contribution in [2.75, 3.05) is 19.7 Å². The van der Waals surface area contributed by atoms with E-state index in [1.165, 1.54) is 0 Å². The second-order valence-electron chi connectivity index (χ2n) is 6.02. The molecule has 1 aliphatic heterocycles. The summed E-state index contributed by atoms with van der Waals surface area (Å²) in [7, 11) is 0. The second-order valence-corrected chi connectivity index (χ2v) is 7.26. The first-order valence-corrected chi connectivity index (χ1v) is 9.94. The van der Waals surface area contributed by atoms with Gasteiger partial charge in [-0.1, -0.05) is 25.5 Å². The van der Waals surface area contributed by atoms with Crippen LogP contribution in [0.1, 0.15) is 36.5 Å². The van der Waals surface area contributed by atoms with Crippen LogP contribution in [-0.4, -0.2) is 53.5 Å². The number of thiocarbonyl (C=S) groups is 1. The van der Waals surface area contributed by atoms with Crippen molar-refractivity contribution in [3.63, 3.8) is 0 Å². The highest BCUT2D eigenvalue weighted by atomic mass is 79.9. The van der Waals surface area contributed by atoms with Crippen molar-refractivity contribution in [3.8, 4) is 0 Å². The maximum absolute atomic E-state index is 12.5. The molecule has 0 aromatic heterocycles. The van der Waals surface area contributed by atoms with Crippen molar-refractivity contribution in [3.05, 3.63) is 34.3 Å². The summed E-state index contributed by atoms with van der Waals surface area (Å²) in [5.74, 6) is -1.16. The Bertz CT molecular complexity index is 728. The lowest BCUT2D eigenvalue weighted by molar-refractivity contribution is -0.147. The lowest BCUT2D eigenvalue weighted by atomic mass is 10.1. The van der Waals surface area contributed by atoms with Crippen LogP contribution in [0.5, 0.6) is 0 Å². The molecule has 0 spiro atoms. The van der Waals surface area contributed by atoms with Crippen molar-refractivity contribution in [1.82, 2.24) is 15.5 Å². The zero-order chi connectivity index (χ0) is 19.8. The molecule has 1 unspecified atom stereocenters. The van der Waals surface area contributed by atoms with E-state index < -0.39 is 12.0 Å². The number of amides is 2. The number of nitrogens with zero attached hydrogens (tertiary/aromatic N) is 1. The van der Waals surface area contributed by atoms with Crippen LogP contribution in [0.4, 0.5) is 0 Å². The molecule has 7 nitrogen and oxygen atoms in total. The van der Waals surface area contributed by atoms with Crippen molar-refractivity contribution < 1.29 is 19.1 Å². The monoisotopic (exact) mass is 455 g/mol. The molecule has 1 aliphatic rings. The molecule has 0 aliphatic carbocycles. The van der Waals surface area contributed by atoms with Gasteiger partial charge < -0.3 is 15.0 Å². The Morgan fingerprint density at radius 3 is 2.85 bits per heavy atom. The van der Waals surface area contributed by atoms with Gasteiger partial charge in [0.1, 0.15) is 6.04 Å². The zero-order valence-corrected chi connectivity index (χ0v) is 17.4. The van der Waals surface area contributed by atoms with Gasteiger partial charge in [-0.3, -0.25) is 19.7 Å². The number of unbranched alkanes of at least 4 members (excludes halogenated alkanes) is 1. The van der Waals surface area contributed by atoms with Gasteiger partial charge in [-0.2, -0.15) is 0 Å². The molecule has 0 saturated carbocycles. The molecule has 0 bridgehead atoms. The third kappa shape index (κ3) is 6.00. The van der Waals surface area contributed by atoms with Gasteiger partial charge >= 0.3 is 5.97 Å². The quantitative estimate of drug-likeness (QED) is 0.387. The van der Waals surface area contributed by atoms with Gasteiger partial charge in [0, 0.05) is 17.6 Å². The first-order valence-electron chi connectivity index (χ1n) is 8.73. The lowest BCUT2D eigenvalue weighted by Gasteiger charge is -2.36. The minimum atomic E-state index is -0.806. The van der Waals surface area contributed by atoms with Gasteiger partial charge in [-0.15, -0.1) is 0 Å². The zero-order valence-electron chi connectivity index (χ0n) is 15.0. The first kappa shape index (κ1) is 21.3. The maximum Gasteiger partial charge on any atom is 0.308 e. The van der Waals surface area contributed by atoms with Crippen molar-refractivity contribution in [2.24, 2.45) is 0 Å². The van der Waals surface area contributed by atoms with Crippen molar-refractivity contribution in [2.45, 2.75) is 32.2 Å². The summed E-state index contributed by atoms with van der Waals surface area (Å²) in [5, 5.41) is 5.46. The number of esters is 1. The van der Waals surface area contributed by atoms with E-state index in [1.807, 2.05) is 6.92 Å². The Kier molecular flexibility index (Phi) is 8.18. The van der Waals surface area contributed by atoms with Crippen molar-refractivity contribution >= 4 is 51.0 Å². The fourth-order valence-electron chi connectivity index (χ4n) is 2.59. The van der Waals surface area contributed by atoms with Crippen LogP contribution in [0.15, 0.2) is 28.7 Å². The standard InChI is InChI=1S/C18H22BrN3O4S/c1-2-3-10-26-15(23)11-14-17(25)20-8-9-22(14)18(27)21-16(24)12-6-4-5-7-13(12)19/h4-7,14H,2-3,8-11H2,1H3,(H,20,25)(H,21,24,27). The highest BCUT2D eigenvalue weighted by molar-refractivity contribution is 9.10. The smallest absolute Gasteiger partial charge is 0.308 e. The molecule has 1 heterocycles. The number of piperazine rings is 1. The average molecular weight is 456 g/mol. The average Bonchev–Trinajstić information content (AvgIpc) is 2.63. The topological polar surface area (TPSA) is 87.7 Å². The number of ether oxygens (including phenoxy) is 1. The largest absolute Gasteiger partial charge is 0.466 e. The molecular formula is C18H22BrN3O4S. The van der Waals surface area contributed by atoms with Gasteiger partial charge in [0.25, 0.3) is 5.91 Å². The lowest BCUT2D eigenvalue weighted by Crippen LogP contribution is -2.60. The van der Waals surface area contributed by atoms with Crippen LogP contribution in [0.2, 0.25) is 0 Å². The molecule has 2 N–H and O–H groups in total. The third-order valence-electron chi connectivity index (χ3n) is 4.05. The minimum absolute atomic E-state index is 0.108. The second kappa shape index (κ2) is 10.4. The first-order chi connectivity index (χ1) is 12.9. The van der Waals surface area contributed by atoms with E-state index in [0.29, 0.717) is 29.7 Å². The number of halogens is 1. The Labute approximate surface area is 171 Å². The molecule has 27 heavy (non-hydrogen) atoms. The summed E-state index contributed by atoms with van der Waals surface area (Å²) in [6.07, 6.45) is 1.56. The van der Waals surface area contributed by atoms with Crippen LogP contribution in [0, 0.1) is 0 Å². The number of benzene rings is 1. The van der Waals surface area contributed by atoms with Gasteiger partial charge in [0.05, 0.1) is 18.6 Å². The van der Waals surface area contributed by atoms with Crippen LogP contribution in [-0.2, 0) is 14.3 Å². The summed E-state index contributed by atoms with van der Waals surface area (Å²) in [6.45, 7) is 3.10. The number of carbonyl (C=O) groups excluding carboxylic acids is 3. The summed E-state index contributed by atoms with van der Waals surface area (Å²) in [5.41, 5.74) is 0.428. The molecule has 1 saturated heterocycles. The number of hydrogen-bond acceptors (Lipinski definition) is 5. The van der Waals surface area contributed by atoms with Crippen LogP contribution >= 0.6 is 28.1 Å². The van der Waals surface area contributed by atoms with Gasteiger partial charge in [-0.05, 0) is 46.7 Å². The molecular weight excluding hydrogens is 434 g/mol. The predicted octanol–water partition coefficient (Wildman–Crippen LogP) is 2.00. The van der Waals surface area contributed by atoms with E-state index in [9.17, 15) is 14.4 Å². The van der Waals surface area contributed by atoms with Crippen LogP contribution in [0.25, 0.3) is 0 Å². The van der Waals surface area contributed by atoms with E-state index in [2.05, 4.69) is 26.6 Å². The number of nitrogens with one attached hydrogen (secondary N) is 2. The minimum Gasteiger partial charge on any atom is -0.466 e. The Hall–Kier alpha value is -2.00. The summed E-state index contributed by atoms with van der Waals surface area (Å²) in [6, 6.07) is 6.15. The number of hydrogen-bond donors (Lipinski definition) is 2.